The highest BCUT2D eigenvalue weighted by molar-refractivity contribution is 7.89. The summed E-state index contributed by atoms with van der Waals surface area (Å²) in [7, 11) is -3.48. The number of aromatic amines is 1. The Balaban J connectivity index is 2.58. The van der Waals surface area contributed by atoms with E-state index >= 15 is 0 Å². The first-order valence-corrected chi connectivity index (χ1v) is 5.53. The van der Waals surface area contributed by atoms with E-state index in [0.29, 0.717) is 0 Å². The molecule has 1 rings (SSSR count). The van der Waals surface area contributed by atoms with Gasteiger partial charge in [0.15, 0.2) is 5.75 Å². The molecule has 0 radical (unpaired) electrons. The maximum absolute atomic E-state index is 11.1. The van der Waals surface area contributed by atoms with Gasteiger partial charge in [-0.05, 0) is 6.92 Å². The third-order valence-corrected chi connectivity index (χ3v) is 2.76. The Morgan fingerprint density at radius 1 is 1.71 bits per heavy atom. The monoisotopic (exact) mass is 214 g/mol. The second-order valence-corrected chi connectivity index (χ2v) is 4.57. The van der Waals surface area contributed by atoms with Gasteiger partial charge >= 0.3 is 0 Å². The second kappa shape index (κ2) is 4.21. The van der Waals surface area contributed by atoms with Gasteiger partial charge in [0.2, 0.25) is 10.0 Å². The zero-order valence-corrected chi connectivity index (χ0v) is 8.43. The molecule has 1 heterocycles. The summed E-state index contributed by atoms with van der Waals surface area (Å²) >= 11 is 0. The number of hydrogen-bond acceptors (Lipinski definition) is 4. The molecule has 0 aliphatic heterocycles. The van der Waals surface area contributed by atoms with Crippen molar-refractivity contribution < 1.29 is 8.42 Å². The smallest absolute Gasteiger partial charge is 0.225 e. The number of aromatic nitrogens is 2. The normalized spacial score (nSPS) is 11.1. The van der Waals surface area contributed by atoms with Crippen LogP contribution < -0.4 is 4.72 Å². The quantitative estimate of drug-likeness (QED) is 0.716. The molecule has 76 valence electrons. The molecule has 0 bridgehead atoms. The van der Waals surface area contributed by atoms with Crippen molar-refractivity contribution in [2.45, 2.75) is 13.5 Å². The Morgan fingerprint density at radius 2 is 2.43 bits per heavy atom. The van der Waals surface area contributed by atoms with E-state index in [4.69, 9.17) is 5.26 Å². The fraction of sp³-hybridized carbons (Fsp3) is 0.429. The predicted octanol–water partition coefficient (Wildman–Crippen LogP) is -0.339. The number of aryl methyl sites for hydroxylation is 1. The van der Waals surface area contributed by atoms with Gasteiger partial charge in [0.1, 0.15) is 0 Å². The van der Waals surface area contributed by atoms with Crippen LogP contribution in [0.1, 0.15) is 11.3 Å². The van der Waals surface area contributed by atoms with Crippen molar-refractivity contribution in [1.29, 1.82) is 5.26 Å². The van der Waals surface area contributed by atoms with Crippen LogP contribution in [0.5, 0.6) is 0 Å². The van der Waals surface area contributed by atoms with E-state index in [1.54, 1.807) is 19.2 Å². The average Bonchev–Trinajstić information content (AvgIpc) is 2.48. The molecule has 0 aliphatic carbocycles. The van der Waals surface area contributed by atoms with Crippen molar-refractivity contribution in [2.24, 2.45) is 0 Å². The number of hydrogen-bond donors (Lipinski definition) is 2. The number of H-pyrrole nitrogens is 1. The van der Waals surface area contributed by atoms with Crippen molar-refractivity contribution in [3.05, 3.63) is 17.5 Å². The molecule has 0 aromatic carbocycles. The van der Waals surface area contributed by atoms with E-state index in [-0.39, 0.29) is 6.54 Å². The average molecular weight is 214 g/mol. The summed E-state index contributed by atoms with van der Waals surface area (Å²) in [5, 5.41) is 14.7. The highest BCUT2D eigenvalue weighted by Gasteiger charge is 2.09. The zero-order valence-electron chi connectivity index (χ0n) is 7.61. The minimum atomic E-state index is -3.48. The van der Waals surface area contributed by atoms with E-state index in [9.17, 15) is 8.42 Å². The molecule has 14 heavy (non-hydrogen) atoms. The zero-order chi connectivity index (χ0) is 10.6. The van der Waals surface area contributed by atoms with Crippen LogP contribution >= 0.6 is 0 Å². The minimum absolute atomic E-state index is 0.159. The molecule has 1 aromatic rings. The van der Waals surface area contributed by atoms with Crippen LogP contribution in [0.15, 0.2) is 6.20 Å². The predicted molar refractivity (Wildman–Crippen MR) is 49.6 cm³/mol. The van der Waals surface area contributed by atoms with Crippen LogP contribution in [-0.4, -0.2) is 24.4 Å². The second-order valence-electron chi connectivity index (χ2n) is 2.76. The van der Waals surface area contributed by atoms with Gasteiger partial charge in [-0.1, -0.05) is 0 Å². The van der Waals surface area contributed by atoms with Crippen molar-refractivity contribution in [1.82, 2.24) is 14.9 Å². The molecule has 0 aliphatic rings. The van der Waals surface area contributed by atoms with E-state index in [0.717, 1.165) is 11.3 Å². The fourth-order valence-electron chi connectivity index (χ4n) is 0.878. The summed E-state index contributed by atoms with van der Waals surface area (Å²) in [6.45, 7) is 1.95. The number of rotatable bonds is 4. The number of nitrogens with one attached hydrogen (secondary N) is 2. The summed E-state index contributed by atoms with van der Waals surface area (Å²) in [4.78, 5) is 0. The Labute approximate surface area is 82.0 Å². The molecule has 2 N–H and O–H groups in total. The Kier molecular flexibility index (Phi) is 3.22. The molecule has 0 amide bonds. The maximum Gasteiger partial charge on any atom is 0.225 e. The molecule has 1 aromatic heterocycles. The largest absolute Gasteiger partial charge is 0.283 e. The van der Waals surface area contributed by atoms with E-state index in [1.165, 1.54) is 0 Å². The van der Waals surface area contributed by atoms with E-state index in [2.05, 4.69) is 14.9 Å². The summed E-state index contributed by atoms with van der Waals surface area (Å²) < 4.78 is 24.4. The van der Waals surface area contributed by atoms with Crippen LogP contribution in [0.3, 0.4) is 0 Å². The van der Waals surface area contributed by atoms with Crippen molar-refractivity contribution in [3.8, 4) is 6.07 Å². The fourth-order valence-corrected chi connectivity index (χ4v) is 1.53. The number of nitrogens with zero attached hydrogens (tertiary/aromatic N) is 2. The summed E-state index contributed by atoms with van der Waals surface area (Å²) in [5.41, 5.74) is 1.58. The summed E-state index contributed by atoms with van der Waals surface area (Å²) in [5.74, 6) is -0.524. The van der Waals surface area contributed by atoms with Gasteiger partial charge in [-0.3, -0.25) is 5.10 Å². The minimum Gasteiger partial charge on any atom is -0.283 e. The first-order chi connectivity index (χ1) is 6.55. The lowest BCUT2D eigenvalue weighted by Crippen LogP contribution is -2.25. The topological polar surface area (TPSA) is 98.6 Å². The molecular formula is C7H10N4O2S. The lowest BCUT2D eigenvalue weighted by atomic mass is 10.3. The van der Waals surface area contributed by atoms with Gasteiger partial charge in [0.05, 0.1) is 12.3 Å². The first kappa shape index (κ1) is 10.7. The lowest BCUT2D eigenvalue weighted by molar-refractivity contribution is 0.584. The highest BCUT2D eigenvalue weighted by atomic mass is 32.2. The van der Waals surface area contributed by atoms with Gasteiger partial charge in [0.25, 0.3) is 0 Å². The maximum atomic E-state index is 11.1. The molecule has 0 fully saturated rings. The Morgan fingerprint density at radius 3 is 2.93 bits per heavy atom. The van der Waals surface area contributed by atoms with E-state index < -0.39 is 15.8 Å². The van der Waals surface area contributed by atoms with Crippen molar-refractivity contribution in [2.75, 3.05) is 5.75 Å². The molecule has 0 unspecified atom stereocenters. The van der Waals surface area contributed by atoms with Crippen LogP contribution in [0.4, 0.5) is 0 Å². The standard InChI is InChI=1S/C7H10N4O2S/c1-6-7(4-9-11-6)5-10-14(12,13)3-2-8/h4,10H,3,5H2,1H3,(H,9,11). The number of sulfonamides is 1. The van der Waals surface area contributed by atoms with Crippen molar-refractivity contribution >= 4 is 10.0 Å². The Bertz CT molecular complexity index is 443. The molecular weight excluding hydrogens is 204 g/mol. The summed E-state index contributed by atoms with van der Waals surface area (Å²) in [6.07, 6.45) is 1.55. The van der Waals surface area contributed by atoms with Gasteiger partial charge in [-0.2, -0.15) is 10.4 Å². The highest BCUT2D eigenvalue weighted by Crippen LogP contribution is 2.02. The van der Waals surface area contributed by atoms with Crippen molar-refractivity contribution in [3.63, 3.8) is 0 Å². The van der Waals surface area contributed by atoms with Gasteiger partial charge in [0, 0.05) is 17.8 Å². The molecule has 0 atom stereocenters. The van der Waals surface area contributed by atoms with E-state index in [1.807, 2.05) is 0 Å². The molecule has 0 saturated carbocycles. The third kappa shape index (κ3) is 2.83. The van der Waals surface area contributed by atoms with Crippen LogP contribution in [0.2, 0.25) is 0 Å². The van der Waals surface area contributed by atoms with Crippen LogP contribution in [-0.2, 0) is 16.6 Å². The first-order valence-electron chi connectivity index (χ1n) is 3.88. The molecule has 0 spiro atoms. The van der Waals surface area contributed by atoms with Crippen LogP contribution in [0, 0.1) is 18.3 Å². The van der Waals surface area contributed by atoms with Gasteiger partial charge in [-0.25, -0.2) is 13.1 Å². The molecule has 0 saturated heterocycles. The van der Waals surface area contributed by atoms with Gasteiger partial charge < -0.3 is 0 Å². The third-order valence-electron chi connectivity index (χ3n) is 1.67. The molecule has 7 heteroatoms. The summed E-state index contributed by atoms with van der Waals surface area (Å²) in [6, 6.07) is 1.58. The molecule has 6 nitrogen and oxygen atoms in total. The Hall–Kier alpha value is -1.39. The van der Waals surface area contributed by atoms with Crippen LogP contribution in [0.25, 0.3) is 0 Å². The SMILES string of the molecule is Cc1[nH]ncc1CNS(=O)(=O)CC#N. The number of nitriles is 1. The lowest BCUT2D eigenvalue weighted by Gasteiger charge is -2.01. The van der Waals surface area contributed by atoms with Gasteiger partial charge in [-0.15, -0.1) is 0 Å².